The standard InChI is InChI=1S/C19H21N3O5/c23-17(21-7-1-3-12(10-21)19(25)26)11-27-13-5-6-15-14(9-13)18(24)22-8-2-4-16(22)20-15/h5-6,9,12H,1-4,7-8,10-11H2,(H,25,26)/t12-/m0/s1. The first-order valence-corrected chi connectivity index (χ1v) is 9.20. The summed E-state index contributed by atoms with van der Waals surface area (Å²) in [6.45, 7) is 1.26. The van der Waals surface area contributed by atoms with Crippen molar-refractivity contribution >= 4 is 22.8 Å². The van der Waals surface area contributed by atoms with Crippen molar-refractivity contribution in [1.29, 1.82) is 0 Å². The van der Waals surface area contributed by atoms with Gasteiger partial charge in [-0.25, -0.2) is 4.98 Å². The molecule has 2 aliphatic rings. The van der Waals surface area contributed by atoms with E-state index in [-0.39, 0.29) is 24.6 Å². The number of hydrogen-bond acceptors (Lipinski definition) is 5. The minimum absolute atomic E-state index is 0.0791. The van der Waals surface area contributed by atoms with Crippen LogP contribution in [0, 0.1) is 5.92 Å². The smallest absolute Gasteiger partial charge is 0.308 e. The minimum atomic E-state index is -0.872. The van der Waals surface area contributed by atoms with E-state index in [4.69, 9.17) is 9.84 Å². The molecule has 3 heterocycles. The lowest BCUT2D eigenvalue weighted by atomic mass is 9.98. The molecule has 0 saturated carbocycles. The summed E-state index contributed by atoms with van der Waals surface area (Å²) in [6.07, 6.45) is 2.99. The maximum Gasteiger partial charge on any atom is 0.308 e. The van der Waals surface area contributed by atoms with Crippen molar-refractivity contribution in [2.24, 2.45) is 5.92 Å². The molecule has 0 radical (unpaired) electrons. The lowest BCUT2D eigenvalue weighted by Gasteiger charge is -2.30. The second-order valence-electron chi connectivity index (χ2n) is 7.07. The van der Waals surface area contributed by atoms with Crippen molar-refractivity contribution in [3.8, 4) is 5.75 Å². The molecule has 1 atom stereocenters. The number of piperidine rings is 1. The van der Waals surface area contributed by atoms with Gasteiger partial charge in [0.25, 0.3) is 11.5 Å². The molecule has 0 aliphatic carbocycles. The van der Waals surface area contributed by atoms with Crippen LogP contribution in [0.5, 0.6) is 5.75 Å². The second-order valence-corrected chi connectivity index (χ2v) is 7.07. The van der Waals surface area contributed by atoms with Gasteiger partial charge in [-0.1, -0.05) is 0 Å². The van der Waals surface area contributed by atoms with Crippen molar-refractivity contribution in [2.45, 2.75) is 32.2 Å². The van der Waals surface area contributed by atoms with Gasteiger partial charge in [-0.3, -0.25) is 19.0 Å². The van der Waals surface area contributed by atoms with Gasteiger partial charge in [0.15, 0.2) is 6.61 Å². The van der Waals surface area contributed by atoms with E-state index in [2.05, 4.69) is 4.98 Å². The number of nitrogens with zero attached hydrogens (tertiary/aromatic N) is 3. The molecule has 8 heteroatoms. The molecule has 1 amide bonds. The highest BCUT2D eigenvalue weighted by atomic mass is 16.5. The first-order valence-electron chi connectivity index (χ1n) is 9.20. The maximum absolute atomic E-state index is 12.6. The van der Waals surface area contributed by atoms with Crippen LogP contribution in [0.3, 0.4) is 0 Å². The number of aryl methyl sites for hydroxylation is 1. The lowest BCUT2D eigenvalue weighted by molar-refractivity contribution is -0.146. The molecule has 1 N–H and O–H groups in total. The average Bonchev–Trinajstić information content (AvgIpc) is 3.15. The Bertz CT molecular complexity index is 968. The molecule has 142 valence electrons. The average molecular weight is 371 g/mol. The van der Waals surface area contributed by atoms with Crippen LogP contribution in [0.2, 0.25) is 0 Å². The lowest BCUT2D eigenvalue weighted by Crippen LogP contribution is -2.44. The third kappa shape index (κ3) is 3.39. The van der Waals surface area contributed by atoms with Gasteiger partial charge in [-0.05, 0) is 37.5 Å². The SMILES string of the molecule is O=C(O)[C@H]1CCCN(C(=O)COc2ccc3nc4n(c(=O)c3c2)CCC4)C1. The number of carbonyl (C=O) groups excluding carboxylic acids is 1. The molecule has 2 aliphatic heterocycles. The van der Waals surface area contributed by atoms with Crippen LogP contribution in [0.1, 0.15) is 25.1 Å². The van der Waals surface area contributed by atoms with Gasteiger partial charge >= 0.3 is 5.97 Å². The summed E-state index contributed by atoms with van der Waals surface area (Å²) in [5.74, 6) is -0.389. The fraction of sp³-hybridized carbons (Fsp3) is 0.474. The zero-order valence-corrected chi connectivity index (χ0v) is 14.9. The highest BCUT2D eigenvalue weighted by Crippen LogP contribution is 2.21. The maximum atomic E-state index is 12.6. The molecule has 4 rings (SSSR count). The zero-order chi connectivity index (χ0) is 19.0. The van der Waals surface area contributed by atoms with Crippen LogP contribution in [-0.4, -0.2) is 51.1 Å². The second kappa shape index (κ2) is 7.02. The van der Waals surface area contributed by atoms with Crippen molar-refractivity contribution in [2.75, 3.05) is 19.7 Å². The first-order chi connectivity index (χ1) is 13.0. The summed E-state index contributed by atoms with van der Waals surface area (Å²) in [6, 6.07) is 5.06. The van der Waals surface area contributed by atoms with Gasteiger partial charge in [0.05, 0.1) is 16.8 Å². The van der Waals surface area contributed by atoms with Crippen LogP contribution in [0.4, 0.5) is 0 Å². The number of aromatic nitrogens is 2. The highest BCUT2D eigenvalue weighted by Gasteiger charge is 2.28. The number of benzene rings is 1. The predicted octanol–water partition coefficient (Wildman–Crippen LogP) is 1.04. The summed E-state index contributed by atoms with van der Waals surface area (Å²) < 4.78 is 7.28. The number of carbonyl (C=O) groups is 2. The van der Waals surface area contributed by atoms with Crippen molar-refractivity contribution in [3.63, 3.8) is 0 Å². The summed E-state index contributed by atoms with van der Waals surface area (Å²) >= 11 is 0. The summed E-state index contributed by atoms with van der Waals surface area (Å²) in [7, 11) is 0. The van der Waals surface area contributed by atoms with Gasteiger partial charge in [0.2, 0.25) is 0 Å². The third-order valence-electron chi connectivity index (χ3n) is 5.27. The number of hydrogen-bond donors (Lipinski definition) is 1. The first kappa shape index (κ1) is 17.5. The molecule has 1 saturated heterocycles. The number of carboxylic acids is 1. The van der Waals surface area contributed by atoms with E-state index in [9.17, 15) is 14.4 Å². The molecule has 0 unspecified atom stereocenters. The van der Waals surface area contributed by atoms with Crippen LogP contribution in [0.15, 0.2) is 23.0 Å². The molecule has 2 aromatic rings. The molecule has 1 aromatic heterocycles. The van der Waals surface area contributed by atoms with Crippen molar-refractivity contribution < 1.29 is 19.4 Å². The molecule has 27 heavy (non-hydrogen) atoms. The predicted molar refractivity (Wildman–Crippen MR) is 96.8 cm³/mol. The van der Waals surface area contributed by atoms with E-state index >= 15 is 0 Å². The third-order valence-corrected chi connectivity index (χ3v) is 5.27. The topological polar surface area (TPSA) is 102 Å². The fourth-order valence-electron chi connectivity index (χ4n) is 3.79. The number of likely N-dealkylation sites (tertiary alicyclic amines) is 1. The number of aliphatic carboxylic acids is 1. The number of rotatable bonds is 4. The summed E-state index contributed by atoms with van der Waals surface area (Å²) in [5.41, 5.74) is 0.553. The van der Waals surface area contributed by atoms with Crippen molar-refractivity contribution in [1.82, 2.24) is 14.5 Å². The Morgan fingerprint density at radius 3 is 2.93 bits per heavy atom. The van der Waals surface area contributed by atoms with Gasteiger partial charge in [0.1, 0.15) is 11.6 Å². The quantitative estimate of drug-likeness (QED) is 0.862. The zero-order valence-electron chi connectivity index (χ0n) is 14.9. The normalized spacial score (nSPS) is 19.1. The largest absolute Gasteiger partial charge is 0.484 e. The van der Waals surface area contributed by atoms with E-state index in [0.717, 1.165) is 18.7 Å². The minimum Gasteiger partial charge on any atom is -0.484 e. The van der Waals surface area contributed by atoms with Gasteiger partial charge in [-0.15, -0.1) is 0 Å². The molecule has 0 spiro atoms. The van der Waals surface area contributed by atoms with E-state index < -0.39 is 11.9 Å². The van der Waals surface area contributed by atoms with Gasteiger partial charge in [0, 0.05) is 26.1 Å². The Balaban J connectivity index is 1.47. The Kier molecular flexibility index (Phi) is 4.55. The Morgan fingerprint density at radius 1 is 1.26 bits per heavy atom. The molecule has 1 fully saturated rings. The van der Waals surface area contributed by atoms with E-state index in [1.165, 1.54) is 4.90 Å². The Labute approximate surface area is 155 Å². The van der Waals surface area contributed by atoms with Gasteiger partial charge in [-0.2, -0.15) is 0 Å². The molecule has 1 aromatic carbocycles. The molecular formula is C19H21N3O5. The number of ether oxygens (including phenoxy) is 1. The van der Waals surface area contributed by atoms with Crippen LogP contribution in [-0.2, 0) is 22.6 Å². The van der Waals surface area contributed by atoms with Gasteiger partial charge < -0.3 is 14.7 Å². The monoisotopic (exact) mass is 371 g/mol. The summed E-state index contributed by atoms with van der Waals surface area (Å²) in [4.78, 5) is 42.1. The van der Waals surface area contributed by atoms with Crippen molar-refractivity contribution in [3.05, 3.63) is 34.4 Å². The van der Waals surface area contributed by atoms with E-state index in [1.54, 1.807) is 22.8 Å². The molecular weight excluding hydrogens is 350 g/mol. The molecule has 0 bridgehead atoms. The fourth-order valence-corrected chi connectivity index (χ4v) is 3.79. The van der Waals surface area contributed by atoms with Crippen LogP contribution < -0.4 is 10.3 Å². The van der Waals surface area contributed by atoms with E-state index in [1.807, 2.05) is 0 Å². The molecule has 8 nitrogen and oxygen atoms in total. The van der Waals surface area contributed by atoms with Crippen LogP contribution >= 0.6 is 0 Å². The highest BCUT2D eigenvalue weighted by molar-refractivity contribution is 5.81. The summed E-state index contributed by atoms with van der Waals surface area (Å²) in [5, 5.41) is 9.61. The number of carboxylic acid groups (broad SMARTS) is 1. The Morgan fingerprint density at radius 2 is 2.11 bits per heavy atom. The van der Waals surface area contributed by atoms with E-state index in [0.29, 0.717) is 42.6 Å². The number of amides is 1. The van der Waals surface area contributed by atoms with Crippen LogP contribution in [0.25, 0.3) is 10.9 Å². The Hall–Kier alpha value is -2.90. The number of fused-ring (bicyclic) bond motifs is 2.